The van der Waals surface area contributed by atoms with Crippen molar-refractivity contribution in [2.45, 2.75) is 96.1 Å². The molecule has 10 heteroatoms. The van der Waals surface area contributed by atoms with Crippen LogP contribution in [0.2, 0.25) is 0 Å². The van der Waals surface area contributed by atoms with Gasteiger partial charge in [-0.25, -0.2) is 4.68 Å². The summed E-state index contributed by atoms with van der Waals surface area (Å²) in [7, 11) is 0. The van der Waals surface area contributed by atoms with Crippen LogP contribution in [0.1, 0.15) is 84.4 Å². The van der Waals surface area contributed by atoms with Gasteiger partial charge in [-0.3, -0.25) is 14.4 Å². The second-order valence-electron chi connectivity index (χ2n) is 13.9. The van der Waals surface area contributed by atoms with E-state index in [1.165, 1.54) is 5.57 Å². The molecule has 0 bridgehead atoms. The highest BCUT2D eigenvalue weighted by Gasteiger charge is 2.76. The molecule has 242 valence electrons. The molecule has 6 rings (SSSR count). The van der Waals surface area contributed by atoms with Crippen LogP contribution in [0.15, 0.2) is 40.5 Å². The highest BCUT2D eigenvalue weighted by molar-refractivity contribution is 9.10. The second-order valence-corrected chi connectivity index (χ2v) is 15.5. The third-order valence-electron chi connectivity index (χ3n) is 11.8. The maximum atomic E-state index is 14.1. The fourth-order valence-corrected chi connectivity index (χ4v) is 10.5. The van der Waals surface area contributed by atoms with Gasteiger partial charge in [-0.2, -0.15) is 5.10 Å². The molecule has 0 spiro atoms. The monoisotopic (exact) mass is 700 g/mol. The molecule has 3 saturated carbocycles. The quantitative estimate of drug-likeness (QED) is 0.256. The van der Waals surface area contributed by atoms with Gasteiger partial charge in [0.05, 0.1) is 22.4 Å². The van der Waals surface area contributed by atoms with E-state index in [2.05, 4.69) is 35.1 Å². The number of ether oxygens (including phenoxy) is 2. The van der Waals surface area contributed by atoms with Crippen LogP contribution in [-0.2, 0) is 30.3 Å². The van der Waals surface area contributed by atoms with Gasteiger partial charge in [0, 0.05) is 40.3 Å². The SMILES string of the molecule is CCC(=O)OCC(=O)[C@]1(OC(=O)CC)[C@@H](C)C[C@H]2[C@@H]3CCC4=Cc5nn(-c6cccc(Br)c6)cc5C[C@]4(C)[C@@]3(Cl)[C@@H](O)C[C@@]21C. The maximum Gasteiger partial charge on any atom is 0.306 e. The Balaban J connectivity index is 1.38. The zero-order valence-corrected chi connectivity index (χ0v) is 28.9. The van der Waals surface area contributed by atoms with Gasteiger partial charge < -0.3 is 14.6 Å². The molecular weight excluding hydrogens is 660 g/mol. The smallest absolute Gasteiger partial charge is 0.306 e. The standard InChI is InChI=1S/C35H42BrClN2O6/c1-6-30(42)44-19-29(41)35(45-31(43)7-2)20(3)13-26-25-12-11-22-14-27-21(18-39(38-27)24-10-8-9-23(36)15-24)16-32(22,4)34(25,37)28(40)17-33(26,35)5/h8-10,14-15,18,20,25-26,28,40H,6-7,11-13,16-17,19H2,1-5H3/t20-,25-,26-,28-,32-,33-,34-,35+/m0/s1. The Morgan fingerprint density at radius 3 is 2.58 bits per heavy atom. The number of aliphatic hydroxyl groups excluding tert-OH is 1. The average Bonchev–Trinajstić information content (AvgIpc) is 3.51. The van der Waals surface area contributed by atoms with E-state index in [1.807, 2.05) is 42.8 Å². The molecule has 2 aromatic rings. The highest BCUT2D eigenvalue weighted by Crippen LogP contribution is 2.72. The number of hydrogen-bond acceptors (Lipinski definition) is 7. The first kappa shape index (κ1) is 32.5. The molecule has 0 saturated heterocycles. The first-order valence-electron chi connectivity index (χ1n) is 16.1. The molecule has 1 aromatic carbocycles. The van der Waals surface area contributed by atoms with Gasteiger partial charge in [0.15, 0.2) is 12.2 Å². The van der Waals surface area contributed by atoms with E-state index in [-0.39, 0.29) is 37.0 Å². The fourth-order valence-electron chi connectivity index (χ4n) is 9.60. The number of nitrogens with zero attached hydrogens (tertiary/aromatic N) is 2. The predicted octanol–water partition coefficient (Wildman–Crippen LogP) is 6.61. The van der Waals surface area contributed by atoms with Crippen LogP contribution < -0.4 is 0 Å². The largest absolute Gasteiger partial charge is 0.457 e. The molecule has 0 aliphatic heterocycles. The van der Waals surface area contributed by atoms with Crippen molar-refractivity contribution in [3.05, 3.63) is 51.8 Å². The summed E-state index contributed by atoms with van der Waals surface area (Å²) < 4.78 is 14.4. The van der Waals surface area contributed by atoms with Crippen LogP contribution >= 0.6 is 27.5 Å². The number of alkyl halides is 1. The highest BCUT2D eigenvalue weighted by atomic mass is 79.9. The number of allylic oxidation sites excluding steroid dienone is 1. The van der Waals surface area contributed by atoms with Gasteiger partial charge in [-0.1, -0.05) is 62.2 Å². The predicted molar refractivity (Wildman–Crippen MR) is 174 cm³/mol. The van der Waals surface area contributed by atoms with Gasteiger partial charge in [-0.15, -0.1) is 11.6 Å². The summed E-state index contributed by atoms with van der Waals surface area (Å²) in [5.41, 5.74) is 1.11. The van der Waals surface area contributed by atoms with Crippen molar-refractivity contribution in [2.75, 3.05) is 6.61 Å². The number of halogens is 2. The first-order valence-corrected chi connectivity index (χ1v) is 17.3. The Kier molecular flexibility index (Phi) is 8.18. The Morgan fingerprint density at radius 2 is 1.89 bits per heavy atom. The molecule has 1 N–H and O–H groups in total. The topological polar surface area (TPSA) is 108 Å². The number of hydrogen-bond donors (Lipinski definition) is 1. The normalized spacial score (nSPS) is 36.6. The summed E-state index contributed by atoms with van der Waals surface area (Å²) in [6.45, 7) is 8.97. The number of fused-ring (bicyclic) bond motifs is 6. The molecule has 0 amide bonds. The molecule has 1 aromatic heterocycles. The van der Waals surface area contributed by atoms with E-state index in [9.17, 15) is 19.5 Å². The van der Waals surface area contributed by atoms with Crippen molar-refractivity contribution >= 4 is 51.3 Å². The number of Topliss-reactive ketones (excluding diaryl/α,β-unsaturated/α-hetero) is 1. The number of rotatable bonds is 7. The van der Waals surface area contributed by atoms with E-state index >= 15 is 0 Å². The lowest BCUT2D eigenvalue weighted by atomic mass is 9.44. The van der Waals surface area contributed by atoms with Crippen molar-refractivity contribution in [3.8, 4) is 5.69 Å². The summed E-state index contributed by atoms with van der Waals surface area (Å²) in [5.74, 6) is -2.01. The number of carbonyl (C=O) groups is 3. The van der Waals surface area contributed by atoms with Gasteiger partial charge in [0.2, 0.25) is 5.78 Å². The maximum absolute atomic E-state index is 14.1. The molecule has 4 aliphatic rings. The molecule has 4 aliphatic carbocycles. The Labute approximate surface area is 278 Å². The molecule has 8 nitrogen and oxygen atoms in total. The van der Waals surface area contributed by atoms with Crippen LogP contribution in [0, 0.1) is 28.6 Å². The lowest BCUT2D eigenvalue weighted by Gasteiger charge is -2.64. The molecular formula is C35H42BrClN2O6. The number of ketones is 1. The number of carbonyl (C=O) groups excluding carboxylic acids is 3. The summed E-state index contributed by atoms with van der Waals surface area (Å²) >= 11 is 11.4. The van der Waals surface area contributed by atoms with Crippen LogP contribution in [0.3, 0.4) is 0 Å². The van der Waals surface area contributed by atoms with Crippen molar-refractivity contribution in [2.24, 2.45) is 28.6 Å². The molecule has 45 heavy (non-hydrogen) atoms. The number of aromatic nitrogens is 2. The first-order chi connectivity index (χ1) is 21.2. The van der Waals surface area contributed by atoms with E-state index in [1.54, 1.807) is 13.8 Å². The van der Waals surface area contributed by atoms with E-state index in [4.69, 9.17) is 26.2 Å². The zero-order valence-electron chi connectivity index (χ0n) is 26.6. The summed E-state index contributed by atoms with van der Waals surface area (Å²) in [6, 6.07) is 7.99. The fraction of sp³-hybridized carbons (Fsp3) is 0.600. The van der Waals surface area contributed by atoms with Gasteiger partial charge in [0.1, 0.15) is 0 Å². The third-order valence-corrected chi connectivity index (χ3v) is 13.2. The minimum Gasteiger partial charge on any atom is -0.457 e. The van der Waals surface area contributed by atoms with Crippen LogP contribution in [0.4, 0.5) is 0 Å². The number of esters is 2. The zero-order chi connectivity index (χ0) is 32.5. The molecule has 8 atom stereocenters. The minimum absolute atomic E-state index is 0.102. The van der Waals surface area contributed by atoms with Crippen molar-refractivity contribution < 1.29 is 29.0 Å². The van der Waals surface area contributed by atoms with Crippen LogP contribution in [0.5, 0.6) is 0 Å². The molecule has 1 heterocycles. The minimum atomic E-state index is -1.54. The van der Waals surface area contributed by atoms with E-state index < -0.39 is 51.7 Å². The Morgan fingerprint density at radius 1 is 1.16 bits per heavy atom. The van der Waals surface area contributed by atoms with Crippen LogP contribution in [0.25, 0.3) is 11.8 Å². The summed E-state index contributed by atoms with van der Waals surface area (Å²) in [4.78, 5) is 38.1. The van der Waals surface area contributed by atoms with E-state index in [0.29, 0.717) is 12.8 Å². The average molecular weight is 702 g/mol. The van der Waals surface area contributed by atoms with Crippen molar-refractivity contribution in [3.63, 3.8) is 0 Å². The van der Waals surface area contributed by atoms with E-state index in [0.717, 1.165) is 34.3 Å². The summed E-state index contributed by atoms with van der Waals surface area (Å²) in [5, 5.41) is 17.2. The third kappa shape index (κ3) is 4.61. The Bertz CT molecular complexity index is 1590. The van der Waals surface area contributed by atoms with Crippen molar-refractivity contribution in [1.29, 1.82) is 0 Å². The molecule has 3 fully saturated rings. The lowest BCUT2D eigenvalue weighted by Crippen LogP contribution is -2.70. The van der Waals surface area contributed by atoms with Gasteiger partial charge >= 0.3 is 11.9 Å². The molecule has 0 unspecified atom stereocenters. The van der Waals surface area contributed by atoms with Gasteiger partial charge in [0.25, 0.3) is 0 Å². The molecule has 0 radical (unpaired) electrons. The number of aliphatic hydroxyl groups is 1. The summed E-state index contributed by atoms with van der Waals surface area (Å²) in [6.07, 6.45) is 6.39. The van der Waals surface area contributed by atoms with Gasteiger partial charge in [-0.05, 0) is 73.8 Å². The van der Waals surface area contributed by atoms with Crippen molar-refractivity contribution in [1.82, 2.24) is 9.78 Å². The lowest BCUT2D eigenvalue weighted by molar-refractivity contribution is -0.204. The second kappa shape index (κ2) is 11.3. The van der Waals surface area contributed by atoms with Crippen LogP contribution in [-0.4, -0.2) is 55.8 Å². The number of benzene rings is 1. The Hall–Kier alpha value is -2.49.